The predicted molar refractivity (Wildman–Crippen MR) is 66.9 cm³/mol. The Bertz CT molecular complexity index is 481. The van der Waals surface area contributed by atoms with Gasteiger partial charge in [0.15, 0.2) is 0 Å². The molecule has 1 aromatic rings. The maximum absolute atomic E-state index is 11.6. The number of nitrogens with one attached hydrogen (secondary N) is 1. The first kappa shape index (κ1) is 14.9. The molecule has 0 fully saturated rings. The Hall–Kier alpha value is -1.15. The first-order valence-corrected chi connectivity index (χ1v) is 8.88. The SMILES string of the molecule is O=[C](CCl)[Sn][CH2]NC(=O)c1cccc([N+](=O)[O-])c1. The van der Waals surface area contributed by atoms with Crippen LogP contribution in [-0.4, -0.2) is 46.2 Å². The van der Waals surface area contributed by atoms with Gasteiger partial charge >= 0.3 is 118 Å². The van der Waals surface area contributed by atoms with Gasteiger partial charge in [-0.15, -0.1) is 0 Å². The third-order valence-corrected chi connectivity index (χ3v) is 5.50. The van der Waals surface area contributed by atoms with Gasteiger partial charge in [0.25, 0.3) is 0 Å². The van der Waals surface area contributed by atoms with Crippen LogP contribution in [0.5, 0.6) is 0 Å². The van der Waals surface area contributed by atoms with Crippen LogP contribution in [0, 0.1) is 10.1 Å². The summed E-state index contributed by atoms with van der Waals surface area (Å²) < 4.78 is 0.329. The quantitative estimate of drug-likeness (QED) is 0.344. The van der Waals surface area contributed by atoms with E-state index < -0.39 is 32.0 Å². The summed E-state index contributed by atoms with van der Waals surface area (Å²) in [5, 5.41) is 13.1. The fourth-order valence-electron chi connectivity index (χ4n) is 1.13. The number of hydrogen-bond acceptors (Lipinski definition) is 4. The van der Waals surface area contributed by atoms with Crippen molar-refractivity contribution in [1.29, 1.82) is 0 Å². The second-order valence-corrected chi connectivity index (χ2v) is 7.10. The van der Waals surface area contributed by atoms with Gasteiger partial charge in [-0.1, -0.05) is 0 Å². The van der Waals surface area contributed by atoms with E-state index in [2.05, 4.69) is 5.32 Å². The minimum atomic E-state index is -1.35. The van der Waals surface area contributed by atoms with Gasteiger partial charge in [-0.2, -0.15) is 0 Å². The van der Waals surface area contributed by atoms with Crippen LogP contribution in [0.3, 0.4) is 0 Å². The summed E-state index contributed by atoms with van der Waals surface area (Å²) in [5.74, 6) is -0.430. The van der Waals surface area contributed by atoms with Gasteiger partial charge in [0.1, 0.15) is 0 Å². The molecule has 0 saturated carbocycles. The van der Waals surface area contributed by atoms with E-state index in [4.69, 9.17) is 11.6 Å². The molecule has 0 bridgehead atoms. The Morgan fingerprint density at radius 1 is 1.44 bits per heavy atom. The van der Waals surface area contributed by atoms with E-state index in [1.807, 2.05) is 0 Å². The molecular formula is C10H9ClN2O4Sn. The summed E-state index contributed by atoms with van der Waals surface area (Å²) in [6.45, 7) is 0. The molecule has 0 aliphatic rings. The van der Waals surface area contributed by atoms with Crippen LogP contribution in [0.2, 0.25) is 0 Å². The molecule has 2 radical (unpaired) electrons. The molecule has 1 N–H and O–H groups in total. The van der Waals surface area contributed by atoms with Crippen LogP contribution in [0.15, 0.2) is 24.3 Å². The van der Waals surface area contributed by atoms with Gasteiger partial charge in [-0.3, -0.25) is 0 Å². The van der Waals surface area contributed by atoms with Crippen LogP contribution >= 0.6 is 11.6 Å². The molecule has 94 valence electrons. The molecular weight excluding hydrogens is 366 g/mol. The Balaban J connectivity index is 2.59. The van der Waals surface area contributed by atoms with Crippen molar-refractivity contribution in [2.75, 3.05) is 10.4 Å². The predicted octanol–water partition coefficient (Wildman–Crippen LogP) is 0.752. The summed E-state index contributed by atoms with van der Waals surface area (Å²) in [6.07, 6.45) is 0. The number of rotatable bonds is 6. The standard InChI is InChI=1S/C8H7N2O3.C2H2ClO.Sn/c1-9-8(11)6-3-2-4-7(5-6)10(12)13;3-1-2-4;/h2-5H,1H2,(H,9,11);1H2;. The number of benzene rings is 1. The molecule has 8 heteroatoms. The topological polar surface area (TPSA) is 89.3 Å². The second kappa shape index (κ2) is 7.32. The summed E-state index contributed by atoms with van der Waals surface area (Å²) in [7, 11) is 0. The van der Waals surface area contributed by atoms with Crippen molar-refractivity contribution in [2.45, 2.75) is 0 Å². The van der Waals surface area contributed by atoms with Gasteiger partial charge in [-0.05, 0) is 0 Å². The van der Waals surface area contributed by atoms with Gasteiger partial charge < -0.3 is 0 Å². The molecule has 0 aliphatic heterocycles. The Kier molecular flexibility index (Phi) is 6.06. The number of carbonyl (C=O) groups is 2. The summed E-state index contributed by atoms with van der Waals surface area (Å²) >= 11 is 4.00. The van der Waals surface area contributed by atoms with Crippen molar-refractivity contribution in [3.63, 3.8) is 0 Å². The number of carbonyl (C=O) groups excluding carboxylic acids is 2. The molecule has 0 heterocycles. The zero-order chi connectivity index (χ0) is 13.5. The average Bonchev–Trinajstić information content (AvgIpc) is 2.38. The third-order valence-electron chi connectivity index (χ3n) is 1.98. The number of alkyl halides is 1. The molecule has 0 aromatic heterocycles. The Labute approximate surface area is 118 Å². The molecule has 0 saturated heterocycles. The number of nitro groups is 1. The summed E-state index contributed by atoms with van der Waals surface area (Å²) in [5.41, 5.74) is 0.0707. The van der Waals surface area contributed by atoms with E-state index in [9.17, 15) is 19.7 Å². The van der Waals surface area contributed by atoms with E-state index in [0.29, 0.717) is 4.56 Å². The van der Waals surface area contributed by atoms with Crippen molar-refractivity contribution in [3.8, 4) is 0 Å². The molecule has 1 aromatic carbocycles. The van der Waals surface area contributed by atoms with Crippen molar-refractivity contribution in [3.05, 3.63) is 39.9 Å². The van der Waals surface area contributed by atoms with Crippen molar-refractivity contribution >= 4 is 48.1 Å². The monoisotopic (exact) mass is 376 g/mol. The first-order chi connectivity index (χ1) is 8.54. The molecule has 1 amide bonds. The van der Waals surface area contributed by atoms with Gasteiger partial charge in [-0.25, -0.2) is 0 Å². The number of non-ortho nitro benzene ring substituents is 1. The molecule has 0 atom stereocenters. The van der Waals surface area contributed by atoms with E-state index in [1.165, 1.54) is 24.3 Å². The molecule has 0 aliphatic carbocycles. The number of amides is 1. The van der Waals surface area contributed by atoms with E-state index in [0.717, 1.165) is 0 Å². The average molecular weight is 375 g/mol. The Morgan fingerprint density at radius 3 is 2.78 bits per heavy atom. The maximum atomic E-state index is 11.6. The fourth-order valence-corrected chi connectivity index (χ4v) is 3.31. The van der Waals surface area contributed by atoms with E-state index in [-0.39, 0.29) is 20.9 Å². The van der Waals surface area contributed by atoms with Gasteiger partial charge in [0.2, 0.25) is 0 Å². The summed E-state index contributed by atoms with van der Waals surface area (Å²) in [6, 6.07) is 5.43. The second-order valence-electron chi connectivity index (χ2n) is 3.22. The van der Waals surface area contributed by atoms with Crippen molar-refractivity contribution < 1.29 is 14.5 Å². The Morgan fingerprint density at radius 2 is 2.17 bits per heavy atom. The van der Waals surface area contributed by atoms with Crippen LogP contribution in [0.25, 0.3) is 0 Å². The zero-order valence-corrected chi connectivity index (χ0v) is 12.8. The van der Waals surface area contributed by atoms with Crippen LogP contribution in [-0.2, 0) is 4.79 Å². The molecule has 0 spiro atoms. The van der Waals surface area contributed by atoms with Gasteiger partial charge in [0.05, 0.1) is 0 Å². The van der Waals surface area contributed by atoms with Gasteiger partial charge in [0, 0.05) is 0 Å². The first-order valence-electron chi connectivity index (χ1n) is 4.90. The summed E-state index contributed by atoms with van der Waals surface area (Å²) in [4.78, 5) is 32.6. The minimum absolute atomic E-state index is 0.000362. The number of nitrogens with zero attached hydrogens (tertiary/aromatic N) is 1. The fraction of sp³-hybridized carbons (Fsp3) is 0.200. The van der Waals surface area contributed by atoms with Crippen molar-refractivity contribution in [2.24, 2.45) is 0 Å². The van der Waals surface area contributed by atoms with E-state index >= 15 is 0 Å². The molecule has 6 nitrogen and oxygen atoms in total. The molecule has 0 unspecified atom stereocenters. The number of nitro benzene ring substituents is 1. The van der Waals surface area contributed by atoms with Crippen molar-refractivity contribution in [1.82, 2.24) is 5.32 Å². The van der Waals surface area contributed by atoms with E-state index in [1.54, 1.807) is 0 Å². The molecule has 1 rings (SSSR count). The van der Waals surface area contributed by atoms with Crippen LogP contribution in [0.4, 0.5) is 5.69 Å². The molecule has 18 heavy (non-hydrogen) atoms. The third kappa shape index (κ3) is 4.61. The van der Waals surface area contributed by atoms with Crippen LogP contribution < -0.4 is 5.32 Å². The van der Waals surface area contributed by atoms with Crippen LogP contribution in [0.1, 0.15) is 10.4 Å². The number of hydrogen-bond donors (Lipinski definition) is 1. The zero-order valence-electron chi connectivity index (χ0n) is 9.18. The normalized spacial score (nSPS) is 9.83. The number of halogens is 1.